The summed E-state index contributed by atoms with van der Waals surface area (Å²) < 4.78 is 5.71. The lowest BCUT2D eigenvalue weighted by molar-refractivity contribution is -0.00484. The molecule has 5 heteroatoms. The molecule has 5 nitrogen and oxygen atoms in total. The summed E-state index contributed by atoms with van der Waals surface area (Å²) in [6.07, 6.45) is 6.00. The number of anilines is 2. The van der Waals surface area contributed by atoms with Gasteiger partial charge >= 0.3 is 0 Å². The second-order valence-electron chi connectivity index (χ2n) is 5.98. The molecule has 118 valence electrons. The molecule has 1 fully saturated rings. The van der Waals surface area contributed by atoms with E-state index in [1.165, 1.54) is 5.56 Å². The van der Waals surface area contributed by atoms with Crippen LogP contribution in [0.3, 0.4) is 0 Å². The lowest BCUT2D eigenvalue weighted by Gasteiger charge is -2.40. The molecule has 1 aliphatic heterocycles. The number of nitrogens with zero attached hydrogens (tertiary/aromatic N) is 3. The summed E-state index contributed by atoms with van der Waals surface area (Å²) in [7, 11) is 1.81. The number of ether oxygens (including phenoxy) is 1. The van der Waals surface area contributed by atoms with Gasteiger partial charge in [-0.1, -0.05) is 13.3 Å². The average Bonchev–Trinajstić information content (AvgIpc) is 2.49. The van der Waals surface area contributed by atoms with Crippen LogP contribution in [0.5, 0.6) is 0 Å². The number of hydrogen-bond acceptors (Lipinski definition) is 5. The normalized spacial score (nSPS) is 22.4. The Balaban J connectivity index is 2.31. The predicted molar refractivity (Wildman–Crippen MR) is 87.1 cm³/mol. The highest BCUT2D eigenvalue weighted by atomic mass is 16.5. The Morgan fingerprint density at radius 3 is 2.86 bits per heavy atom. The fraction of sp³-hybridized carbons (Fsp3) is 0.750. The number of piperidine rings is 1. The molecule has 1 saturated heterocycles. The summed E-state index contributed by atoms with van der Waals surface area (Å²) >= 11 is 0. The van der Waals surface area contributed by atoms with Crippen LogP contribution >= 0.6 is 0 Å². The molecule has 2 heterocycles. The van der Waals surface area contributed by atoms with Crippen LogP contribution in [0.1, 0.15) is 45.6 Å². The first-order valence-corrected chi connectivity index (χ1v) is 8.01. The summed E-state index contributed by atoms with van der Waals surface area (Å²) in [6.45, 7) is 9.29. The topological polar surface area (TPSA) is 50.3 Å². The molecule has 0 spiro atoms. The van der Waals surface area contributed by atoms with E-state index in [9.17, 15) is 0 Å². The standard InChI is InChI=1S/C16H28N4O/c1-5-8-13-14(17-6-2)18-12-19-15(13)20-10-7-9-16(3,11-20)21-4/h12H,5-11H2,1-4H3,(H,17,18,19). The Labute approximate surface area is 128 Å². The van der Waals surface area contributed by atoms with Gasteiger partial charge in [0.05, 0.1) is 5.60 Å². The van der Waals surface area contributed by atoms with Gasteiger partial charge in [0.1, 0.15) is 18.0 Å². The van der Waals surface area contributed by atoms with Crippen LogP contribution < -0.4 is 10.2 Å². The molecule has 1 aromatic rings. The van der Waals surface area contributed by atoms with Gasteiger partial charge in [0, 0.05) is 32.3 Å². The van der Waals surface area contributed by atoms with E-state index in [2.05, 4.69) is 41.0 Å². The zero-order valence-electron chi connectivity index (χ0n) is 13.8. The molecule has 0 saturated carbocycles. The summed E-state index contributed by atoms with van der Waals surface area (Å²) in [6, 6.07) is 0. The first-order valence-electron chi connectivity index (χ1n) is 8.01. The average molecular weight is 292 g/mol. The van der Waals surface area contributed by atoms with Gasteiger partial charge in [-0.15, -0.1) is 0 Å². The van der Waals surface area contributed by atoms with E-state index >= 15 is 0 Å². The highest BCUT2D eigenvalue weighted by molar-refractivity contribution is 5.59. The van der Waals surface area contributed by atoms with E-state index < -0.39 is 0 Å². The maximum absolute atomic E-state index is 5.71. The van der Waals surface area contributed by atoms with Gasteiger partial charge in [-0.3, -0.25) is 0 Å². The first-order chi connectivity index (χ1) is 10.1. The molecule has 0 bridgehead atoms. The van der Waals surface area contributed by atoms with Gasteiger partial charge < -0.3 is 15.0 Å². The monoisotopic (exact) mass is 292 g/mol. The lowest BCUT2D eigenvalue weighted by Crippen LogP contribution is -2.48. The molecule has 0 radical (unpaired) electrons. The third-order valence-corrected chi connectivity index (χ3v) is 4.22. The highest BCUT2D eigenvalue weighted by Crippen LogP contribution is 2.31. The van der Waals surface area contributed by atoms with Gasteiger partial charge in [-0.2, -0.15) is 0 Å². The summed E-state index contributed by atoms with van der Waals surface area (Å²) in [4.78, 5) is 11.4. The van der Waals surface area contributed by atoms with E-state index in [0.717, 1.165) is 57.0 Å². The number of aromatic nitrogens is 2. The van der Waals surface area contributed by atoms with Crippen LogP contribution in [0.4, 0.5) is 11.6 Å². The van der Waals surface area contributed by atoms with Gasteiger partial charge in [-0.25, -0.2) is 9.97 Å². The fourth-order valence-electron chi connectivity index (χ4n) is 3.03. The Morgan fingerprint density at radius 2 is 2.19 bits per heavy atom. The largest absolute Gasteiger partial charge is 0.377 e. The minimum absolute atomic E-state index is 0.0783. The molecular weight excluding hydrogens is 264 g/mol. The Hall–Kier alpha value is -1.36. The van der Waals surface area contributed by atoms with E-state index in [-0.39, 0.29) is 5.60 Å². The number of rotatable bonds is 6. The number of hydrogen-bond donors (Lipinski definition) is 1. The predicted octanol–water partition coefficient (Wildman–Crippen LogP) is 2.87. The van der Waals surface area contributed by atoms with Crippen LogP contribution in [0.25, 0.3) is 0 Å². The minimum Gasteiger partial charge on any atom is -0.377 e. The van der Waals surface area contributed by atoms with Crippen molar-refractivity contribution >= 4 is 11.6 Å². The zero-order valence-corrected chi connectivity index (χ0v) is 13.8. The number of nitrogens with one attached hydrogen (secondary N) is 1. The Morgan fingerprint density at radius 1 is 1.38 bits per heavy atom. The molecule has 0 aliphatic carbocycles. The third-order valence-electron chi connectivity index (χ3n) is 4.22. The van der Waals surface area contributed by atoms with E-state index in [1.54, 1.807) is 13.4 Å². The van der Waals surface area contributed by atoms with Crippen molar-refractivity contribution in [2.75, 3.05) is 37.0 Å². The van der Waals surface area contributed by atoms with Crippen LogP contribution in [-0.4, -0.2) is 42.3 Å². The summed E-state index contributed by atoms with van der Waals surface area (Å²) in [5.41, 5.74) is 1.16. The smallest absolute Gasteiger partial charge is 0.137 e. The van der Waals surface area contributed by atoms with E-state index in [4.69, 9.17) is 4.74 Å². The van der Waals surface area contributed by atoms with Gasteiger partial charge in [0.2, 0.25) is 0 Å². The van der Waals surface area contributed by atoms with Gasteiger partial charge in [0.25, 0.3) is 0 Å². The second kappa shape index (κ2) is 7.07. The maximum atomic E-state index is 5.71. The summed E-state index contributed by atoms with van der Waals surface area (Å²) in [5.74, 6) is 2.06. The lowest BCUT2D eigenvalue weighted by atomic mass is 9.94. The van der Waals surface area contributed by atoms with Crippen LogP contribution in [-0.2, 0) is 11.2 Å². The van der Waals surface area contributed by atoms with Crippen molar-refractivity contribution in [2.45, 2.75) is 52.1 Å². The zero-order chi connectivity index (χ0) is 15.3. The van der Waals surface area contributed by atoms with Crippen molar-refractivity contribution in [3.8, 4) is 0 Å². The van der Waals surface area contributed by atoms with E-state index in [0.29, 0.717) is 0 Å². The number of methoxy groups -OCH3 is 1. The molecular formula is C16H28N4O. The van der Waals surface area contributed by atoms with Crippen molar-refractivity contribution in [3.63, 3.8) is 0 Å². The molecule has 0 amide bonds. The molecule has 0 aromatic carbocycles. The summed E-state index contributed by atoms with van der Waals surface area (Å²) in [5, 5.41) is 3.37. The van der Waals surface area contributed by atoms with Crippen molar-refractivity contribution in [1.29, 1.82) is 0 Å². The Bertz CT molecular complexity index is 466. The van der Waals surface area contributed by atoms with E-state index in [1.807, 2.05) is 0 Å². The molecule has 1 aromatic heterocycles. The molecule has 2 rings (SSSR count). The van der Waals surface area contributed by atoms with Gasteiger partial charge in [-0.05, 0) is 33.1 Å². The highest BCUT2D eigenvalue weighted by Gasteiger charge is 2.32. The van der Waals surface area contributed by atoms with Crippen molar-refractivity contribution in [2.24, 2.45) is 0 Å². The van der Waals surface area contributed by atoms with Crippen molar-refractivity contribution in [1.82, 2.24) is 9.97 Å². The first kappa shape index (κ1) is 16.0. The van der Waals surface area contributed by atoms with Crippen molar-refractivity contribution < 1.29 is 4.74 Å². The Kier molecular flexibility index (Phi) is 5.39. The SMILES string of the molecule is CCCc1c(NCC)ncnc1N1CCCC(C)(OC)C1. The molecule has 1 N–H and O–H groups in total. The quantitative estimate of drug-likeness (QED) is 0.873. The van der Waals surface area contributed by atoms with Crippen LogP contribution in [0.2, 0.25) is 0 Å². The molecule has 21 heavy (non-hydrogen) atoms. The molecule has 1 aliphatic rings. The van der Waals surface area contributed by atoms with Gasteiger partial charge in [0.15, 0.2) is 0 Å². The van der Waals surface area contributed by atoms with Crippen LogP contribution in [0, 0.1) is 0 Å². The minimum atomic E-state index is -0.0783. The fourth-order valence-corrected chi connectivity index (χ4v) is 3.03. The second-order valence-corrected chi connectivity index (χ2v) is 5.98. The molecule has 1 unspecified atom stereocenters. The third kappa shape index (κ3) is 3.64. The maximum Gasteiger partial charge on any atom is 0.137 e. The van der Waals surface area contributed by atoms with Crippen LogP contribution in [0.15, 0.2) is 6.33 Å². The van der Waals surface area contributed by atoms with Crippen molar-refractivity contribution in [3.05, 3.63) is 11.9 Å². The molecule has 1 atom stereocenters.